The van der Waals surface area contributed by atoms with Gasteiger partial charge in [-0.15, -0.1) is 5.10 Å². The third-order valence-corrected chi connectivity index (χ3v) is 4.14. The van der Waals surface area contributed by atoms with Crippen LogP contribution in [0.3, 0.4) is 0 Å². The maximum Gasteiger partial charge on any atom is 0.117 e. The Morgan fingerprint density at radius 3 is 2.35 bits per heavy atom. The average Bonchev–Trinajstić information content (AvgIpc) is 2.96. The zero-order valence-corrected chi connectivity index (χ0v) is 13.1. The highest BCUT2D eigenvalue weighted by molar-refractivity contribution is 6.30. The van der Waals surface area contributed by atoms with Crippen LogP contribution in [0.15, 0.2) is 83.1 Å². The smallest absolute Gasteiger partial charge is 0.117 e. The lowest BCUT2D eigenvalue weighted by atomic mass is 10.1. The summed E-state index contributed by atoms with van der Waals surface area (Å²) in [5.74, 6) is 0. The zero-order chi connectivity index (χ0) is 15.6. The third-order valence-electron chi connectivity index (χ3n) is 3.89. The van der Waals surface area contributed by atoms with Crippen molar-refractivity contribution in [3.63, 3.8) is 0 Å². The fraction of sp³-hybridized carbons (Fsp3) is 0.0526. The third kappa shape index (κ3) is 2.71. The summed E-state index contributed by atoms with van der Waals surface area (Å²) in [7, 11) is 0. The molecule has 0 saturated heterocycles. The van der Waals surface area contributed by atoms with Gasteiger partial charge >= 0.3 is 0 Å². The summed E-state index contributed by atoms with van der Waals surface area (Å²) in [4.78, 5) is 0. The SMILES string of the molecule is Clc1ccc(C2=NN=C(c3ccccc3)c3cccn3C2)cc1. The van der Waals surface area contributed by atoms with Crippen LogP contribution in [0.5, 0.6) is 0 Å². The molecular formula is C19H14ClN3. The van der Waals surface area contributed by atoms with Crippen LogP contribution in [0.2, 0.25) is 5.02 Å². The van der Waals surface area contributed by atoms with Crippen LogP contribution in [-0.2, 0) is 6.54 Å². The van der Waals surface area contributed by atoms with E-state index in [0.29, 0.717) is 6.54 Å². The monoisotopic (exact) mass is 319 g/mol. The number of benzene rings is 2. The van der Waals surface area contributed by atoms with Gasteiger partial charge < -0.3 is 4.57 Å². The van der Waals surface area contributed by atoms with Crippen molar-refractivity contribution >= 4 is 23.0 Å². The first-order valence-electron chi connectivity index (χ1n) is 7.43. The van der Waals surface area contributed by atoms with E-state index in [9.17, 15) is 0 Å². The molecule has 23 heavy (non-hydrogen) atoms. The van der Waals surface area contributed by atoms with Crippen LogP contribution < -0.4 is 0 Å². The summed E-state index contributed by atoms with van der Waals surface area (Å²) in [6, 6.07) is 22.0. The molecule has 1 aliphatic rings. The summed E-state index contributed by atoms with van der Waals surface area (Å²) in [6.07, 6.45) is 2.06. The first-order chi connectivity index (χ1) is 11.3. The molecule has 4 heteroatoms. The number of rotatable bonds is 2. The fourth-order valence-electron chi connectivity index (χ4n) is 2.71. The molecule has 0 radical (unpaired) electrons. The van der Waals surface area contributed by atoms with Gasteiger partial charge in [-0.2, -0.15) is 5.10 Å². The molecule has 0 amide bonds. The Labute approximate surface area is 139 Å². The van der Waals surface area contributed by atoms with E-state index in [1.54, 1.807) is 0 Å². The van der Waals surface area contributed by atoms with E-state index < -0.39 is 0 Å². The molecule has 0 N–H and O–H groups in total. The molecule has 0 saturated carbocycles. The van der Waals surface area contributed by atoms with Crippen molar-refractivity contribution in [1.82, 2.24) is 4.57 Å². The Morgan fingerprint density at radius 1 is 0.783 bits per heavy atom. The highest BCUT2D eigenvalue weighted by atomic mass is 35.5. The van der Waals surface area contributed by atoms with Gasteiger partial charge in [0.25, 0.3) is 0 Å². The first-order valence-corrected chi connectivity index (χ1v) is 7.80. The molecular weight excluding hydrogens is 306 g/mol. The van der Waals surface area contributed by atoms with E-state index in [1.165, 1.54) is 0 Å². The van der Waals surface area contributed by atoms with Crippen molar-refractivity contribution in [3.8, 4) is 0 Å². The predicted octanol–water partition coefficient (Wildman–Crippen LogP) is 4.40. The summed E-state index contributed by atoms with van der Waals surface area (Å²) >= 11 is 5.98. The predicted molar refractivity (Wildman–Crippen MR) is 94.5 cm³/mol. The minimum atomic E-state index is 0.684. The average molecular weight is 320 g/mol. The van der Waals surface area contributed by atoms with E-state index in [0.717, 1.165) is 33.3 Å². The Kier molecular flexibility index (Phi) is 3.56. The molecule has 4 rings (SSSR count). The largest absolute Gasteiger partial charge is 0.340 e. The number of hydrogen-bond acceptors (Lipinski definition) is 2. The molecule has 2 heterocycles. The molecule has 0 spiro atoms. The van der Waals surface area contributed by atoms with Gasteiger partial charge in [-0.1, -0.05) is 54.1 Å². The lowest BCUT2D eigenvalue weighted by Crippen LogP contribution is -2.13. The van der Waals surface area contributed by atoms with Gasteiger partial charge in [-0.05, 0) is 29.8 Å². The molecule has 0 atom stereocenters. The zero-order valence-electron chi connectivity index (χ0n) is 12.4. The van der Waals surface area contributed by atoms with Gasteiger partial charge in [0.2, 0.25) is 0 Å². The molecule has 3 nitrogen and oxygen atoms in total. The molecule has 112 valence electrons. The summed E-state index contributed by atoms with van der Waals surface area (Å²) in [5.41, 5.74) is 4.98. The van der Waals surface area contributed by atoms with E-state index in [4.69, 9.17) is 11.6 Å². The van der Waals surface area contributed by atoms with Crippen molar-refractivity contribution in [2.24, 2.45) is 10.2 Å². The van der Waals surface area contributed by atoms with Gasteiger partial charge in [-0.25, -0.2) is 0 Å². The molecule has 1 aliphatic heterocycles. The Morgan fingerprint density at radius 2 is 1.57 bits per heavy atom. The van der Waals surface area contributed by atoms with Crippen LogP contribution in [-0.4, -0.2) is 16.0 Å². The van der Waals surface area contributed by atoms with E-state index in [2.05, 4.69) is 39.2 Å². The molecule has 2 aromatic carbocycles. The summed E-state index contributed by atoms with van der Waals surface area (Å²) < 4.78 is 2.17. The molecule has 3 aromatic rings. The number of aromatic nitrogens is 1. The Balaban J connectivity index is 1.83. The number of nitrogens with zero attached hydrogens (tertiary/aromatic N) is 3. The first kappa shape index (κ1) is 14.0. The van der Waals surface area contributed by atoms with Gasteiger partial charge in [-0.3, -0.25) is 0 Å². The highest BCUT2D eigenvalue weighted by Gasteiger charge is 2.17. The maximum atomic E-state index is 5.98. The second-order valence-corrected chi connectivity index (χ2v) is 5.83. The second-order valence-electron chi connectivity index (χ2n) is 5.39. The molecule has 1 aromatic heterocycles. The maximum absolute atomic E-state index is 5.98. The van der Waals surface area contributed by atoms with E-state index in [-0.39, 0.29) is 0 Å². The van der Waals surface area contributed by atoms with Gasteiger partial charge in [0.05, 0.1) is 18.0 Å². The van der Waals surface area contributed by atoms with Crippen molar-refractivity contribution in [3.05, 3.63) is 94.8 Å². The van der Waals surface area contributed by atoms with Crippen LogP contribution in [0.4, 0.5) is 0 Å². The number of halogens is 1. The minimum absolute atomic E-state index is 0.684. The minimum Gasteiger partial charge on any atom is -0.340 e. The fourth-order valence-corrected chi connectivity index (χ4v) is 2.84. The summed E-state index contributed by atoms with van der Waals surface area (Å²) in [6.45, 7) is 0.684. The number of fused-ring (bicyclic) bond motifs is 1. The van der Waals surface area contributed by atoms with Crippen molar-refractivity contribution in [1.29, 1.82) is 0 Å². The highest BCUT2D eigenvalue weighted by Crippen LogP contribution is 2.18. The van der Waals surface area contributed by atoms with Crippen molar-refractivity contribution in [2.75, 3.05) is 0 Å². The van der Waals surface area contributed by atoms with Crippen molar-refractivity contribution in [2.45, 2.75) is 6.54 Å². The van der Waals surface area contributed by atoms with E-state index in [1.807, 2.05) is 48.5 Å². The molecule has 0 fully saturated rings. The Bertz CT molecular complexity index is 890. The summed E-state index contributed by atoms with van der Waals surface area (Å²) in [5, 5.41) is 9.77. The molecule has 0 bridgehead atoms. The van der Waals surface area contributed by atoms with Crippen LogP contribution >= 0.6 is 11.6 Å². The van der Waals surface area contributed by atoms with E-state index >= 15 is 0 Å². The topological polar surface area (TPSA) is 29.6 Å². The van der Waals surface area contributed by atoms with Crippen LogP contribution in [0.25, 0.3) is 0 Å². The van der Waals surface area contributed by atoms with Crippen LogP contribution in [0, 0.1) is 0 Å². The standard InChI is InChI=1S/C19H14ClN3/c20-16-10-8-14(9-11-16)17-13-23-12-4-7-18(23)19(22-21-17)15-5-2-1-3-6-15/h1-12H,13H2. The molecule has 0 aliphatic carbocycles. The number of hydrogen-bond donors (Lipinski definition) is 0. The van der Waals surface area contributed by atoms with Crippen LogP contribution in [0.1, 0.15) is 16.8 Å². The Hall–Kier alpha value is -2.65. The molecule has 0 unspecified atom stereocenters. The normalized spacial score (nSPS) is 13.8. The van der Waals surface area contributed by atoms with Crippen molar-refractivity contribution < 1.29 is 0 Å². The quantitative estimate of drug-likeness (QED) is 0.670. The van der Waals surface area contributed by atoms with Gasteiger partial charge in [0.1, 0.15) is 5.71 Å². The lowest BCUT2D eigenvalue weighted by molar-refractivity contribution is 0.856. The van der Waals surface area contributed by atoms with Gasteiger partial charge in [0.15, 0.2) is 0 Å². The van der Waals surface area contributed by atoms with Gasteiger partial charge in [0, 0.05) is 16.8 Å². The lowest BCUT2D eigenvalue weighted by Gasteiger charge is -2.09. The second kappa shape index (κ2) is 5.86.